The molecule has 2 nitrogen and oxygen atoms in total. The van der Waals surface area contributed by atoms with Gasteiger partial charge < -0.3 is 10.0 Å². The molecule has 0 saturated heterocycles. The fraction of sp³-hybridized carbons (Fsp3) is 0.667. The normalized spacial score (nSPS) is 33.9. The zero-order valence-electron chi connectivity index (χ0n) is 12.8. The highest BCUT2D eigenvalue weighted by Crippen LogP contribution is 2.36. The molecule has 4 unspecified atom stereocenters. The van der Waals surface area contributed by atoms with Gasteiger partial charge in [-0.05, 0) is 49.1 Å². The van der Waals surface area contributed by atoms with Gasteiger partial charge in [-0.25, -0.2) is 0 Å². The Bertz CT molecular complexity index is 446. The van der Waals surface area contributed by atoms with Gasteiger partial charge in [0, 0.05) is 24.7 Å². The molecule has 0 spiro atoms. The monoisotopic (exact) mass is 273 g/mol. The molecule has 2 aliphatic rings. The standard InChI is InChI=1S/C18H27NO/c1-13-10-14(2)16(18(20)11-13)12-19-9-5-7-15-6-3-4-8-17(15)19/h3-4,6,8,13-14,16,18,20H,5,7,9-12H2,1-2H3. The highest BCUT2D eigenvalue weighted by molar-refractivity contribution is 5.55. The Labute approximate surface area is 122 Å². The minimum absolute atomic E-state index is 0.122. The Morgan fingerprint density at radius 3 is 2.80 bits per heavy atom. The second-order valence-corrected chi connectivity index (χ2v) is 6.96. The Morgan fingerprint density at radius 2 is 2.00 bits per heavy atom. The summed E-state index contributed by atoms with van der Waals surface area (Å²) in [5.74, 6) is 1.73. The van der Waals surface area contributed by atoms with E-state index in [1.807, 2.05) is 0 Å². The number of benzene rings is 1. The van der Waals surface area contributed by atoms with Crippen LogP contribution in [0.15, 0.2) is 24.3 Å². The fourth-order valence-corrected chi connectivity index (χ4v) is 4.23. The molecule has 1 aromatic carbocycles. The van der Waals surface area contributed by atoms with E-state index < -0.39 is 0 Å². The van der Waals surface area contributed by atoms with Crippen LogP contribution >= 0.6 is 0 Å². The summed E-state index contributed by atoms with van der Waals surface area (Å²) in [6, 6.07) is 8.78. The van der Waals surface area contributed by atoms with Crippen molar-refractivity contribution in [3.63, 3.8) is 0 Å². The molecule has 110 valence electrons. The van der Waals surface area contributed by atoms with Gasteiger partial charge in [0.2, 0.25) is 0 Å². The largest absolute Gasteiger partial charge is 0.393 e. The van der Waals surface area contributed by atoms with Gasteiger partial charge in [-0.3, -0.25) is 0 Å². The van der Waals surface area contributed by atoms with Crippen LogP contribution in [0.3, 0.4) is 0 Å². The van der Waals surface area contributed by atoms with Crippen LogP contribution in [0.4, 0.5) is 5.69 Å². The van der Waals surface area contributed by atoms with Crippen molar-refractivity contribution in [2.75, 3.05) is 18.0 Å². The molecule has 1 aliphatic heterocycles. The first-order chi connectivity index (χ1) is 9.65. The average Bonchev–Trinajstić information content (AvgIpc) is 2.43. The molecule has 2 heteroatoms. The van der Waals surface area contributed by atoms with E-state index in [0.29, 0.717) is 17.8 Å². The summed E-state index contributed by atoms with van der Waals surface area (Å²) >= 11 is 0. The number of para-hydroxylation sites is 1. The van der Waals surface area contributed by atoms with E-state index in [1.54, 1.807) is 0 Å². The van der Waals surface area contributed by atoms with Crippen molar-refractivity contribution in [3.05, 3.63) is 29.8 Å². The minimum atomic E-state index is -0.122. The van der Waals surface area contributed by atoms with Gasteiger partial charge in [0.05, 0.1) is 6.10 Å². The molecule has 0 bridgehead atoms. The zero-order chi connectivity index (χ0) is 14.1. The first-order valence-electron chi connectivity index (χ1n) is 8.16. The first-order valence-corrected chi connectivity index (χ1v) is 8.16. The lowest BCUT2D eigenvalue weighted by molar-refractivity contribution is 0.0199. The summed E-state index contributed by atoms with van der Waals surface area (Å²) in [5, 5.41) is 10.5. The van der Waals surface area contributed by atoms with Gasteiger partial charge in [-0.15, -0.1) is 0 Å². The summed E-state index contributed by atoms with van der Waals surface area (Å²) < 4.78 is 0. The maximum Gasteiger partial charge on any atom is 0.0590 e. The van der Waals surface area contributed by atoms with Gasteiger partial charge >= 0.3 is 0 Å². The Balaban J connectivity index is 1.75. The van der Waals surface area contributed by atoms with E-state index in [0.717, 1.165) is 19.5 Å². The number of fused-ring (bicyclic) bond motifs is 1. The molecule has 0 radical (unpaired) electrons. The molecule has 1 saturated carbocycles. The number of aliphatic hydroxyl groups excluding tert-OH is 1. The second kappa shape index (κ2) is 5.77. The Hall–Kier alpha value is -1.02. The average molecular weight is 273 g/mol. The van der Waals surface area contributed by atoms with Crippen LogP contribution < -0.4 is 4.90 Å². The Kier molecular flexibility index (Phi) is 4.02. The van der Waals surface area contributed by atoms with E-state index in [4.69, 9.17) is 0 Å². The van der Waals surface area contributed by atoms with E-state index in [2.05, 4.69) is 43.0 Å². The van der Waals surface area contributed by atoms with Crippen LogP contribution in [0, 0.1) is 17.8 Å². The van der Waals surface area contributed by atoms with E-state index in [9.17, 15) is 5.11 Å². The number of anilines is 1. The van der Waals surface area contributed by atoms with Crippen LogP contribution in [0.25, 0.3) is 0 Å². The first kappa shape index (κ1) is 13.9. The van der Waals surface area contributed by atoms with Crippen molar-refractivity contribution in [1.29, 1.82) is 0 Å². The molecule has 0 amide bonds. The van der Waals surface area contributed by atoms with Crippen LogP contribution in [0.5, 0.6) is 0 Å². The van der Waals surface area contributed by atoms with Gasteiger partial charge in [0.25, 0.3) is 0 Å². The molecule has 1 heterocycles. The highest BCUT2D eigenvalue weighted by Gasteiger charge is 2.34. The lowest BCUT2D eigenvalue weighted by Crippen LogP contribution is -2.44. The van der Waals surface area contributed by atoms with Crippen LogP contribution in [0.2, 0.25) is 0 Å². The number of aliphatic hydroxyl groups is 1. The summed E-state index contributed by atoms with van der Waals surface area (Å²) in [5.41, 5.74) is 2.88. The van der Waals surface area contributed by atoms with Crippen LogP contribution in [-0.2, 0) is 6.42 Å². The molecular formula is C18H27NO. The molecule has 1 aromatic rings. The maximum atomic E-state index is 10.5. The molecule has 4 atom stereocenters. The number of hydrogen-bond acceptors (Lipinski definition) is 2. The summed E-state index contributed by atoms with van der Waals surface area (Å²) in [4.78, 5) is 2.51. The number of aryl methyl sites for hydroxylation is 1. The topological polar surface area (TPSA) is 23.5 Å². The third-order valence-corrected chi connectivity index (χ3v) is 5.28. The van der Waals surface area contributed by atoms with E-state index in [-0.39, 0.29) is 6.10 Å². The van der Waals surface area contributed by atoms with Crippen LogP contribution in [0.1, 0.15) is 38.7 Å². The summed E-state index contributed by atoms with van der Waals surface area (Å²) in [6.07, 6.45) is 4.56. The number of hydrogen-bond donors (Lipinski definition) is 1. The summed E-state index contributed by atoms with van der Waals surface area (Å²) in [6.45, 7) is 6.75. The molecule has 3 rings (SSSR count). The lowest BCUT2D eigenvalue weighted by Gasteiger charge is -2.41. The predicted molar refractivity (Wildman–Crippen MR) is 84.0 cm³/mol. The molecule has 0 aromatic heterocycles. The zero-order valence-corrected chi connectivity index (χ0v) is 12.8. The quantitative estimate of drug-likeness (QED) is 0.891. The summed E-state index contributed by atoms with van der Waals surface area (Å²) in [7, 11) is 0. The minimum Gasteiger partial charge on any atom is -0.393 e. The van der Waals surface area contributed by atoms with Crippen molar-refractivity contribution in [1.82, 2.24) is 0 Å². The van der Waals surface area contributed by atoms with Gasteiger partial charge in [-0.1, -0.05) is 32.0 Å². The van der Waals surface area contributed by atoms with E-state index in [1.165, 1.54) is 30.5 Å². The third-order valence-electron chi connectivity index (χ3n) is 5.28. The fourth-order valence-electron chi connectivity index (χ4n) is 4.23. The van der Waals surface area contributed by atoms with Gasteiger partial charge in [-0.2, -0.15) is 0 Å². The molecule has 1 N–H and O–H groups in total. The van der Waals surface area contributed by atoms with Gasteiger partial charge in [0.15, 0.2) is 0 Å². The second-order valence-electron chi connectivity index (χ2n) is 6.96. The smallest absolute Gasteiger partial charge is 0.0590 e. The van der Waals surface area contributed by atoms with E-state index >= 15 is 0 Å². The molecule has 20 heavy (non-hydrogen) atoms. The van der Waals surface area contributed by atoms with Crippen molar-refractivity contribution in [2.24, 2.45) is 17.8 Å². The van der Waals surface area contributed by atoms with Crippen molar-refractivity contribution in [3.8, 4) is 0 Å². The van der Waals surface area contributed by atoms with Crippen LogP contribution in [-0.4, -0.2) is 24.3 Å². The Morgan fingerprint density at radius 1 is 1.20 bits per heavy atom. The lowest BCUT2D eigenvalue weighted by atomic mass is 9.73. The number of rotatable bonds is 2. The third kappa shape index (κ3) is 2.71. The number of nitrogens with zero attached hydrogens (tertiary/aromatic N) is 1. The van der Waals surface area contributed by atoms with Crippen molar-refractivity contribution >= 4 is 5.69 Å². The SMILES string of the molecule is CC1CC(C)C(CN2CCCc3ccccc32)C(O)C1. The maximum absolute atomic E-state index is 10.5. The molecule has 1 fully saturated rings. The molecular weight excluding hydrogens is 246 g/mol. The van der Waals surface area contributed by atoms with Crippen molar-refractivity contribution in [2.45, 2.75) is 45.6 Å². The highest BCUT2D eigenvalue weighted by atomic mass is 16.3. The van der Waals surface area contributed by atoms with Crippen molar-refractivity contribution < 1.29 is 5.11 Å². The predicted octanol–water partition coefficient (Wildman–Crippen LogP) is 3.48. The van der Waals surface area contributed by atoms with Gasteiger partial charge in [0.1, 0.15) is 0 Å². The molecule has 1 aliphatic carbocycles.